The van der Waals surface area contributed by atoms with E-state index < -0.39 is 5.41 Å². The molecule has 0 heterocycles. The molecule has 0 fully saturated rings. The summed E-state index contributed by atoms with van der Waals surface area (Å²) in [6.07, 6.45) is 5.49. The van der Waals surface area contributed by atoms with Gasteiger partial charge in [0.1, 0.15) is 5.75 Å². The number of nitrogens with zero attached hydrogens (tertiary/aromatic N) is 1. The minimum atomic E-state index is -0.439. The minimum absolute atomic E-state index is 0.275. The second kappa shape index (κ2) is 5.14. The highest BCUT2D eigenvalue weighted by Crippen LogP contribution is 2.33. The summed E-state index contributed by atoms with van der Waals surface area (Å²) < 4.78 is 0. The Kier molecular flexibility index (Phi) is 4.07. The number of hydrogen-bond donors (Lipinski definition) is 1. The molecule has 0 aliphatic carbocycles. The Labute approximate surface area is 104 Å². The molecule has 1 aromatic rings. The van der Waals surface area contributed by atoms with E-state index in [1.165, 1.54) is 0 Å². The van der Waals surface area contributed by atoms with E-state index in [1.807, 2.05) is 26.0 Å². The fraction of sp³-hybridized carbons (Fsp3) is 0.467. The molecule has 1 rings (SSSR count). The second-order valence-electron chi connectivity index (χ2n) is 4.64. The summed E-state index contributed by atoms with van der Waals surface area (Å²) in [5, 5.41) is 10.1. The van der Waals surface area contributed by atoms with Gasteiger partial charge in [-0.25, -0.2) is 0 Å². The van der Waals surface area contributed by atoms with Crippen LogP contribution in [0.25, 0.3) is 0 Å². The molecule has 2 nitrogen and oxygen atoms in total. The van der Waals surface area contributed by atoms with Crippen molar-refractivity contribution in [1.82, 2.24) is 0 Å². The van der Waals surface area contributed by atoms with Gasteiger partial charge in [-0.2, -0.15) is 0 Å². The number of hydrogen-bond acceptors (Lipinski definition) is 2. The topological polar surface area (TPSA) is 23.5 Å². The molecule has 0 aliphatic rings. The van der Waals surface area contributed by atoms with E-state index in [9.17, 15) is 5.11 Å². The van der Waals surface area contributed by atoms with E-state index in [1.54, 1.807) is 6.07 Å². The van der Waals surface area contributed by atoms with Crippen molar-refractivity contribution >= 4 is 5.69 Å². The highest BCUT2D eigenvalue weighted by atomic mass is 16.3. The molecule has 17 heavy (non-hydrogen) atoms. The molecule has 0 amide bonds. The van der Waals surface area contributed by atoms with Gasteiger partial charge in [-0.05, 0) is 33.8 Å². The quantitative estimate of drug-likeness (QED) is 0.805. The number of phenols is 1. The molecular weight excluding hydrogens is 210 g/mol. The van der Waals surface area contributed by atoms with Crippen LogP contribution in [0.1, 0.15) is 33.3 Å². The lowest BCUT2D eigenvalue weighted by molar-refractivity contribution is 0.457. The minimum Gasteiger partial charge on any atom is -0.508 e. The van der Waals surface area contributed by atoms with Gasteiger partial charge in [-0.1, -0.05) is 12.0 Å². The summed E-state index contributed by atoms with van der Waals surface area (Å²) in [6.45, 7) is 9.90. The Hall–Kier alpha value is -1.62. The van der Waals surface area contributed by atoms with Crippen molar-refractivity contribution in [2.45, 2.75) is 33.1 Å². The molecule has 0 spiro atoms. The van der Waals surface area contributed by atoms with Crippen molar-refractivity contribution in [3.63, 3.8) is 0 Å². The van der Waals surface area contributed by atoms with Crippen LogP contribution in [0, 0.1) is 12.3 Å². The molecule has 0 bridgehead atoms. The Bertz CT molecular complexity index is 425. The lowest BCUT2D eigenvalue weighted by Gasteiger charge is -2.24. The van der Waals surface area contributed by atoms with Crippen LogP contribution >= 0.6 is 0 Å². The fourth-order valence-corrected chi connectivity index (χ4v) is 1.91. The number of benzene rings is 1. The Morgan fingerprint density at radius 3 is 2.29 bits per heavy atom. The van der Waals surface area contributed by atoms with Gasteiger partial charge in [0.2, 0.25) is 0 Å². The SMILES string of the molecule is C#CC(C)(C)c1ccc(N(CC)CC)cc1O. The third kappa shape index (κ3) is 2.74. The first-order valence-corrected chi connectivity index (χ1v) is 6.02. The number of phenolic OH excluding ortho intramolecular Hbond substituents is 1. The normalized spacial score (nSPS) is 11.0. The van der Waals surface area contributed by atoms with Gasteiger partial charge in [0, 0.05) is 30.4 Å². The lowest BCUT2D eigenvalue weighted by atomic mass is 9.85. The fourth-order valence-electron chi connectivity index (χ4n) is 1.91. The highest BCUT2D eigenvalue weighted by Gasteiger charge is 2.21. The van der Waals surface area contributed by atoms with Crippen molar-refractivity contribution in [1.29, 1.82) is 0 Å². The predicted molar refractivity (Wildman–Crippen MR) is 73.5 cm³/mol. The second-order valence-corrected chi connectivity index (χ2v) is 4.64. The van der Waals surface area contributed by atoms with Gasteiger partial charge in [-0.3, -0.25) is 0 Å². The van der Waals surface area contributed by atoms with Gasteiger partial charge in [-0.15, -0.1) is 6.42 Å². The maximum absolute atomic E-state index is 10.1. The van der Waals surface area contributed by atoms with Crippen LogP contribution in [0.2, 0.25) is 0 Å². The van der Waals surface area contributed by atoms with Crippen LogP contribution in [-0.4, -0.2) is 18.2 Å². The van der Waals surface area contributed by atoms with E-state index in [-0.39, 0.29) is 5.75 Å². The first-order valence-electron chi connectivity index (χ1n) is 6.02. The van der Waals surface area contributed by atoms with Gasteiger partial charge < -0.3 is 10.0 Å². The highest BCUT2D eigenvalue weighted by molar-refractivity contribution is 5.56. The lowest BCUT2D eigenvalue weighted by Crippen LogP contribution is -2.22. The van der Waals surface area contributed by atoms with Crippen LogP contribution < -0.4 is 4.90 Å². The molecule has 2 heteroatoms. The molecule has 92 valence electrons. The molecular formula is C15H21NO. The molecule has 0 atom stereocenters. The number of terminal acetylenes is 1. The molecule has 0 radical (unpaired) electrons. The number of aromatic hydroxyl groups is 1. The molecule has 0 saturated carbocycles. The molecule has 0 saturated heterocycles. The van der Waals surface area contributed by atoms with Crippen LogP contribution in [0.3, 0.4) is 0 Å². The zero-order valence-electron chi connectivity index (χ0n) is 11.1. The van der Waals surface area contributed by atoms with Crippen molar-refractivity contribution in [2.75, 3.05) is 18.0 Å². The van der Waals surface area contributed by atoms with Crippen LogP contribution in [0.4, 0.5) is 5.69 Å². The van der Waals surface area contributed by atoms with Crippen molar-refractivity contribution in [2.24, 2.45) is 0 Å². The van der Waals surface area contributed by atoms with Crippen molar-refractivity contribution in [3.05, 3.63) is 23.8 Å². The van der Waals surface area contributed by atoms with Crippen molar-refractivity contribution < 1.29 is 5.11 Å². The molecule has 0 aliphatic heterocycles. The van der Waals surface area contributed by atoms with Gasteiger partial charge in [0.05, 0.1) is 5.41 Å². The molecule has 1 N–H and O–H groups in total. The maximum Gasteiger partial charge on any atom is 0.122 e. The first-order chi connectivity index (χ1) is 7.96. The standard InChI is InChI=1S/C15H21NO/c1-6-15(4,5)13-10-9-12(11-14(13)17)16(7-2)8-3/h1,9-11,17H,7-8H2,2-5H3. The van der Waals surface area contributed by atoms with Crippen LogP contribution in [0.15, 0.2) is 18.2 Å². The number of rotatable bonds is 4. The summed E-state index contributed by atoms with van der Waals surface area (Å²) in [4.78, 5) is 2.19. The average Bonchev–Trinajstić information content (AvgIpc) is 2.30. The van der Waals surface area contributed by atoms with Gasteiger partial charge in [0.25, 0.3) is 0 Å². The summed E-state index contributed by atoms with van der Waals surface area (Å²) in [5.74, 6) is 2.98. The van der Waals surface area contributed by atoms with E-state index in [0.717, 1.165) is 24.3 Å². The molecule has 0 unspecified atom stereocenters. The van der Waals surface area contributed by atoms with Crippen molar-refractivity contribution in [3.8, 4) is 18.1 Å². The zero-order chi connectivity index (χ0) is 13.1. The van der Waals surface area contributed by atoms with Crippen LogP contribution in [-0.2, 0) is 5.41 Å². The third-order valence-corrected chi connectivity index (χ3v) is 3.14. The largest absolute Gasteiger partial charge is 0.508 e. The smallest absolute Gasteiger partial charge is 0.122 e. The summed E-state index contributed by atoms with van der Waals surface area (Å²) in [7, 11) is 0. The first kappa shape index (κ1) is 13.4. The van der Waals surface area contributed by atoms with Crippen LogP contribution in [0.5, 0.6) is 5.75 Å². The summed E-state index contributed by atoms with van der Waals surface area (Å²) in [6, 6.07) is 5.73. The van der Waals surface area contributed by atoms with E-state index in [2.05, 4.69) is 24.7 Å². The molecule has 0 aromatic heterocycles. The Morgan fingerprint density at radius 1 is 1.29 bits per heavy atom. The predicted octanol–water partition coefficient (Wildman–Crippen LogP) is 3.15. The zero-order valence-corrected chi connectivity index (χ0v) is 11.1. The van der Waals surface area contributed by atoms with Gasteiger partial charge in [0.15, 0.2) is 0 Å². The van der Waals surface area contributed by atoms with Gasteiger partial charge >= 0.3 is 0 Å². The Balaban J connectivity index is 3.15. The maximum atomic E-state index is 10.1. The number of anilines is 1. The van der Waals surface area contributed by atoms with E-state index in [0.29, 0.717) is 0 Å². The Morgan fingerprint density at radius 2 is 1.88 bits per heavy atom. The third-order valence-electron chi connectivity index (χ3n) is 3.14. The molecule has 1 aromatic carbocycles. The monoisotopic (exact) mass is 231 g/mol. The summed E-state index contributed by atoms with van der Waals surface area (Å²) in [5.41, 5.74) is 1.39. The summed E-state index contributed by atoms with van der Waals surface area (Å²) >= 11 is 0. The van der Waals surface area contributed by atoms with E-state index in [4.69, 9.17) is 6.42 Å². The average molecular weight is 231 g/mol. The van der Waals surface area contributed by atoms with E-state index >= 15 is 0 Å².